The van der Waals surface area contributed by atoms with Crippen LogP contribution in [0.5, 0.6) is 5.75 Å². The fraction of sp³-hybridized carbons (Fsp3) is 0.600. The van der Waals surface area contributed by atoms with E-state index in [1.165, 1.54) is 19.8 Å². The van der Waals surface area contributed by atoms with Crippen molar-refractivity contribution in [3.8, 4) is 5.75 Å². The van der Waals surface area contributed by atoms with E-state index in [1.54, 1.807) is 7.11 Å². The molecule has 1 atom stereocenters. The molecule has 1 N–H and O–H groups in total. The summed E-state index contributed by atoms with van der Waals surface area (Å²) >= 11 is 0. The van der Waals surface area contributed by atoms with Crippen LogP contribution >= 0.6 is 0 Å². The number of methoxy groups -OCH3 is 1. The van der Waals surface area contributed by atoms with Crippen molar-refractivity contribution in [2.75, 3.05) is 14.2 Å². The van der Waals surface area contributed by atoms with Crippen molar-refractivity contribution in [1.82, 2.24) is 10.2 Å². The van der Waals surface area contributed by atoms with Crippen molar-refractivity contribution >= 4 is 11.8 Å². The molecule has 0 heterocycles. The molecular formula is C20H30N2O3. The maximum absolute atomic E-state index is 12.8. The fourth-order valence-electron chi connectivity index (χ4n) is 3.49. The summed E-state index contributed by atoms with van der Waals surface area (Å²) in [5, 5.41) is 2.90. The lowest BCUT2D eigenvalue weighted by atomic mass is 9.86. The Bertz CT molecular complexity index is 577. The third-order valence-electron chi connectivity index (χ3n) is 5.20. The zero-order chi connectivity index (χ0) is 18.4. The predicted molar refractivity (Wildman–Crippen MR) is 98.4 cm³/mol. The number of nitrogens with one attached hydrogen (secondary N) is 1. The van der Waals surface area contributed by atoms with Crippen molar-refractivity contribution in [1.29, 1.82) is 0 Å². The Kier molecular flexibility index (Phi) is 6.85. The van der Waals surface area contributed by atoms with Crippen molar-refractivity contribution in [2.24, 2.45) is 5.92 Å². The third kappa shape index (κ3) is 5.48. The van der Waals surface area contributed by atoms with Crippen LogP contribution in [-0.2, 0) is 9.59 Å². The van der Waals surface area contributed by atoms with Crippen LogP contribution < -0.4 is 10.1 Å². The molecule has 1 unspecified atom stereocenters. The number of hydrogen-bond acceptors (Lipinski definition) is 3. The van der Waals surface area contributed by atoms with E-state index in [9.17, 15) is 9.59 Å². The second kappa shape index (κ2) is 8.88. The lowest BCUT2D eigenvalue weighted by Crippen LogP contribution is -2.41. The minimum absolute atomic E-state index is 0.0779. The number of carbonyl (C=O) groups excluding carboxylic acids is 2. The fourth-order valence-corrected chi connectivity index (χ4v) is 3.49. The van der Waals surface area contributed by atoms with Crippen LogP contribution in [0.1, 0.15) is 57.6 Å². The van der Waals surface area contributed by atoms with Crippen LogP contribution in [0.2, 0.25) is 0 Å². The summed E-state index contributed by atoms with van der Waals surface area (Å²) in [6.45, 7) is 3.75. The molecule has 1 saturated carbocycles. The van der Waals surface area contributed by atoms with Gasteiger partial charge in [0.25, 0.3) is 0 Å². The van der Waals surface area contributed by atoms with Crippen molar-refractivity contribution in [2.45, 2.75) is 58.0 Å². The first-order valence-corrected chi connectivity index (χ1v) is 9.07. The maximum Gasteiger partial charge on any atom is 0.224 e. The van der Waals surface area contributed by atoms with Gasteiger partial charge in [0.2, 0.25) is 11.8 Å². The van der Waals surface area contributed by atoms with E-state index < -0.39 is 0 Å². The monoisotopic (exact) mass is 346 g/mol. The topological polar surface area (TPSA) is 58.6 Å². The molecule has 0 radical (unpaired) electrons. The molecule has 2 rings (SSSR count). The van der Waals surface area contributed by atoms with Crippen molar-refractivity contribution < 1.29 is 14.3 Å². The van der Waals surface area contributed by atoms with Gasteiger partial charge in [-0.3, -0.25) is 9.59 Å². The Labute approximate surface area is 150 Å². The van der Waals surface area contributed by atoms with Gasteiger partial charge in [0, 0.05) is 20.0 Å². The van der Waals surface area contributed by atoms with E-state index in [2.05, 4.69) is 12.2 Å². The number of amides is 2. The SMILES string of the molecule is COc1ccc(C(CC(=O)N(C)C2CCC(C)CC2)NC(C)=O)cc1. The normalized spacial score (nSPS) is 21.3. The van der Waals surface area contributed by atoms with E-state index in [-0.39, 0.29) is 24.3 Å². The predicted octanol–water partition coefficient (Wildman–Crippen LogP) is 3.30. The molecule has 1 aliphatic rings. The van der Waals surface area contributed by atoms with Gasteiger partial charge >= 0.3 is 0 Å². The van der Waals surface area contributed by atoms with Crippen LogP contribution in [0.25, 0.3) is 0 Å². The highest BCUT2D eigenvalue weighted by Gasteiger charge is 2.27. The molecule has 0 spiro atoms. The van der Waals surface area contributed by atoms with Crippen LogP contribution in [-0.4, -0.2) is 36.9 Å². The van der Waals surface area contributed by atoms with E-state index in [0.717, 1.165) is 30.1 Å². The summed E-state index contributed by atoms with van der Waals surface area (Å²) in [4.78, 5) is 26.2. The zero-order valence-electron chi connectivity index (χ0n) is 15.7. The lowest BCUT2D eigenvalue weighted by molar-refractivity contribution is -0.133. The Morgan fingerprint density at radius 2 is 1.80 bits per heavy atom. The van der Waals surface area contributed by atoms with Gasteiger partial charge in [-0.1, -0.05) is 19.1 Å². The Balaban J connectivity index is 2.04. The summed E-state index contributed by atoms with van der Waals surface area (Å²) in [5.74, 6) is 1.45. The highest BCUT2D eigenvalue weighted by molar-refractivity contribution is 5.79. The molecule has 0 saturated heterocycles. The maximum atomic E-state index is 12.8. The van der Waals surface area contributed by atoms with Gasteiger partial charge in [0.15, 0.2) is 0 Å². The molecule has 25 heavy (non-hydrogen) atoms. The Hall–Kier alpha value is -2.04. The molecule has 1 aliphatic carbocycles. The van der Waals surface area contributed by atoms with Crippen LogP contribution in [0, 0.1) is 5.92 Å². The summed E-state index contributed by atoms with van der Waals surface area (Å²) in [6, 6.07) is 7.49. The number of benzene rings is 1. The van der Waals surface area contributed by atoms with Gasteiger partial charge in [-0.2, -0.15) is 0 Å². The smallest absolute Gasteiger partial charge is 0.224 e. The van der Waals surface area contributed by atoms with Crippen molar-refractivity contribution in [3.63, 3.8) is 0 Å². The van der Waals surface area contributed by atoms with Gasteiger partial charge in [-0.25, -0.2) is 0 Å². The molecule has 5 nitrogen and oxygen atoms in total. The molecule has 5 heteroatoms. The van der Waals surface area contributed by atoms with Crippen LogP contribution in [0.15, 0.2) is 24.3 Å². The first-order valence-electron chi connectivity index (χ1n) is 9.07. The van der Waals surface area contributed by atoms with Gasteiger partial charge in [-0.15, -0.1) is 0 Å². The summed E-state index contributed by atoms with van der Waals surface area (Å²) in [6.07, 6.45) is 4.76. The second-order valence-electron chi connectivity index (χ2n) is 7.15. The lowest BCUT2D eigenvalue weighted by Gasteiger charge is -2.34. The molecule has 1 fully saturated rings. The molecule has 1 aromatic rings. The van der Waals surface area contributed by atoms with E-state index in [4.69, 9.17) is 4.74 Å². The molecule has 0 aliphatic heterocycles. The molecule has 138 valence electrons. The standard InChI is InChI=1S/C20H30N2O3/c1-14-5-9-17(10-6-14)22(3)20(24)13-19(21-15(2)23)16-7-11-18(25-4)12-8-16/h7-8,11-12,14,17,19H,5-6,9-10,13H2,1-4H3,(H,21,23). The van der Waals surface area contributed by atoms with Crippen molar-refractivity contribution in [3.05, 3.63) is 29.8 Å². The summed E-state index contributed by atoms with van der Waals surface area (Å²) in [7, 11) is 3.51. The Morgan fingerprint density at radius 1 is 1.20 bits per heavy atom. The largest absolute Gasteiger partial charge is 0.497 e. The molecule has 0 bridgehead atoms. The highest BCUT2D eigenvalue weighted by atomic mass is 16.5. The zero-order valence-corrected chi connectivity index (χ0v) is 15.7. The minimum atomic E-state index is -0.319. The number of nitrogens with zero attached hydrogens (tertiary/aromatic N) is 1. The van der Waals surface area contributed by atoms with Crippen LogP contribution in [0.3, 0.4) is 0 Å². The average molecular weight is 346 g/mol. The summed E-state index contributed by atoms with van der Waals surface area (Å²) < 4.78 is 5.17. The first-order chi connectivity index (χ1) is 11.9. The van der Waals surface area contributed by atoms with Gasteiger partial charge < -0.3 is 15.0 Å². The quantitative estimate of drug-likeness (QED) is 0.860. The van der Waals surface area contributed by atoms with Gasteiger partial charge in [-0.05, 0) is 49.3 Å². The van der Waals surface area contributed by atoms with Gasteiger partial charge in [0.1, 0.15) is 5.75 Å². The second-order valence-corrected chi connectivity index (χ2v) is 7.15. The highest BCUT2D eigenvalue weighted by Crippen LogP contribution is 2.28. The number of ether oxygens (including phenoxy) is 1. The average Bonchev–Trinajstić information content (AvgIpc) is 2.61. The minimum Gasteiger partial charge on any atom is -0.497 e. The van der Waals surface area contributed by atoms with Crippen LogP contribution in [0.4, 0.5) is 0 Å². The molecular weight excluding hydrogens is 316 g/mol. The molecule has 1 aromatic carbocycles. The Morgan fingerprint density at radius 3 is 2.32 bits per heavy atom. The number of carbonyl (C=O) groups is 2. The number of rotatable bonds is 6. The first kappa shape index (κ1) is 19.3. The molecule has 2 amide bonds. The van der Waals surface area contributed by atoms with E-state index in [0.29, 0.717) is 6.04 Å². The van der Waals surface area contributed by atoms with E-state index in [1.807, 2.05) is 36.2 Å². The van der Waals surface area contributed by atoms with E-state index >= 15 is 0 Å². The number of hydrogen-bond donors (Lipinski definition) is 1. The summed E-state index contributed by atoms with van der Waals surface area (Å²) in [5.41, 5.74) is 0.912. The third-order valence-corrected chi connectivity index (χ3v) is 5.20. The van der Waals surface area contributed by atoms with Gasteiger partial charge in [0.05, 0.1) is 19.6 Å². The molecule has 0 aromatic heterocycles.